The molecule has 2 unspecified atom stereocenters. The fraction of sp³-hybridized carbons (Fsp3) is 1.00. The molecule has 0 aromatic rings. The summed E-state index contributed by atoms with van der Waals surface area (Å²) < 4.78 is 38.2. The molecule has 1 heterocycles. The van der Waals surface area contributed by atoms with Crippen molar-refractivity contribution in [1.29, 1.82) is 0 Å². The van der Waals surface area contributed by atoms with Crippen molar-refractivity contribution in [2.75, 3.05) is 18.1 Å². The minimum atomic E-state index is -4.20. The van der Waals surface area contributed by atoms with Gasteiger partial charge in [-0.3, -0.25) is 4.90 Å². The summed E-state index contributed by atoms with van der Waals surface area (Å²) in [4.78, 5) is 1.39. The van der Waals surface area contributed by atoms with Gasteiger partial charge in [-0.05, 0) is 13.8 Å². The van der Waals surface area contributed by atoms with Crippen LogP contribution in [0.3, 0.4) is 0 Å². The zero-order valence-corrected chi connectivity index (χ0v) is 9.61. The quantitative estimate of drug-likeness (QED) is 0.799. The monoisotopic (exact) mass is 243 g/mol. The van der Waals surface area contributed by atoms with Gasteiger partial charge in [0, 0.05) is 23.6 Å². The Bertz CT molecular complexity index is 210. The first kappa shape index (κ1) is 13.1. The average molecular weight is 243 g/mol. The predicted molar refractivity (Wildman–Crippen MR) is 55.0 cm³/mol. The summed E-state index contributed by atoms with van der Waals surface area (Å²) in [6, 6.07) is -2.00. The summed E-state index contributed by atoms with van der Waals surface area (Å²) in [6.45, 7) is 3.26. The summed E-state index contributed by atoms with van der Waals surface area (Å²) in [5.74, 6) is 0.638. The summed E-state index contributed by atoms with van der Waals surface area (Å²) in [7, 11) is 0. The summed E-state index contributed by atoms with van der Waals surface area (Å²) >= 11 is 1.26. The van der Waals surface area contributed by atoms with E-state index >= 15 is 0 Å². The number of rotatable bonds is 2. The molecule has 1 N–H and O–H groups in total. The van der Waals surface area contributed by atoms with Gasteiger partial charge >= 0.3 is 6.18 Å². The van der Waals surface area contributed by atoms with E-state index in [0.717, 1.165) is 0 Å². The normalized spacial score (nSPS) is 29.8. The number of aliphatic hydroxyl groups is 1. The molecular weight excluding hydrogens is 227 g/mol. The van der Waals surface area contributed by atoms with E-state index in [4.69, 9.17) is 5.11 Å². The van der Waals surface area contributed by atoms with Gasteiger partial charge in [0.25, 0.3) is 0 Å². The van der Waals surface area contributed by atoms with E-state index in [1.807, 2.05) is 0 Å². The number of aliphatic hydroxyl groups excluding tert-OH is 1. The molecule has 0 spiro atoms. The number of hydrogen-bond donors (Lipinski definition) is 1. The molecule has 0 aromatic carbocycles. The molecule has 90 valence electrons. The third-order valence-electron chi connectivity index (χ3n) is 2.55. The molecule has 2 atom stereocenters. The zero-order valence-electron chi connectivity index (χ0n) is 8.79. The number of nitrogens with zero attached hydrogens (tertiary/aromatic N) is 1. The van der Waals surface area contributed by atoms with Crippen LogP contribution in [0.25, 0.3) is 0 Å². The molecular formula is C9H16F3NOS. The molecule has 0 aliphatic carbocycles. The predicted octanol–water partition coefficient (Wildman–Crippen LogP) is 1.74. The van der Waals surface area contributed by atoms with Crippen molar-refractivity contribution in [2.24, 2.45) is 0 Å². The highest BCUT2D eigenvalue weighted by atomic mass is 32.2. The first-order valence-electron chi connectivity index (χ1n) is 4.90. The Labute approximate surface area is 91.8 Å². The van der Waals surface area contributed by atoms with Crippen molar-refractivity contribution < 1.29 is 18.3 Å². The van der Waals surface area contributed by atoms with Crippen LogP contribution in [0.4, 0.5) is 13.2 Å². The minimum Gasteiger partial charge on any atom is -0.395 e. The van der Waals surface area contributed by atoms with Crippen LogP contribution in [0, 0.1) is 0 Å². The Morgan fingerprint density at radius 3 is 2.40 bits per heavy atom. The van der Waals surface area contributed by atoms with E-state index in [0.29, 0.717) is 5.75 Å². The Kier molecular flexibility index (Phi) is 4.31. The van der Waals surface area contributed by atoms with Crippen molar-refractivity contribution in [1.82, 2.24) is 4.90 Å². The Balaban J connectivity index is 2.84. The molecule has 6 heteroatoms. The first-order valence-corrected chi connectivity index (χ1v) is 6.06. The number of hydrogen-bond acceptors (Lipinski definition) is 3. The van der Waals surface area contributed by atoms with Gasteiger partial charge in [0.05, 0.1) is 6.61 Å². The van der Waals surface area contributed by atoms with Crippen LogP contribution >= 0.6 is 11.8 Å². The molecule has 1 saturated heterocycles. The van der Waals surface area contributed by atoms with Crippen molar-refractivity contribution in [3.63, 3.8) is 0 Å². The van der Waals surface area contributed by atoms with Crippen LogP contribution in [0.1, 0.15) is 13.8 Å². The van der Waals surface area contributed by atoms with Gasteiger partial charge in [0.1, 0.15) is 6.04 Å². The highest BCUT2D eigenvalue weighted by Gasteiger charge is 2.48. The van der Waals surface area contributed by atoms with E-state index in [-0.39, 0.29) is 24.4 Å². The lowest BCUT2D eigenvalue weighted by atomic mass is 10.1. The number of alkyl halides is 3. The topological polar surface area (TPSA) is 23.5 Å². The second-order valence-electron chi connectivity index (χ2n) is 3.97. The van der Waals surface area contributed by atoms with E-state index in [1.54, 1.807) is 13.8 Å². The molecule has 1 fully saturated rings. The molecule has 0 radical (unpaired) electrons. The van der Waals surface area contributed by atoms with Gasteiger partial charge in [-0.25, -0.2) is 0 Å². The maximum absolute atomic E-state index is 12.7. The van der Waals surface area contributed by atoms with Gasteiger partial charge in [-0.15, -0.1) is 0 Å². The lowest BCUT2D eigenvalue weighted by Gasteiger charge is -2.44. The molecule has 1 aliphatic heterocycles. The third-order valence-corrected chi connectivity index (χ3v) is 3.72. The fourth-order valence-corrected chi connectivity index (χ4v) is 3.20. The Morgan fingerprint density at radius 1 is 1.40 bits per heavy atom. The first-order chi connectivity index (χ1) is 6.88. The van der Waals surface area contributed by atoms with Crippen molar-refractivity contribution in [3.8, 4) is 0 Å². The second-order valence-corrected chi connectivity index (χ2v) is 5.05. The maximum atomic E-state index is 12.7. The summed E-state index contributed by atoms with van der Waals surface area (Å²) in [5, 5.41) is 9.07. The Morgan fingerprint density at radius 2 is 2.00 bits per heavy atom. The van der Waals surface area contributed by atoms with E-state index in [1.165, 1.54) is 16.7 Å². The summed E-state index contributed by atoms with van der Waals surface area (Å²) in [6.07, 6.45) is -4.20. The SMILES string of the molecule is CC(C)N1C(CO)CSCC1C(F)(F)F. The third kappa shape index (κ3) is 3.01. The van der Waals surface area contributed by atoms with Gasteiger partial charge < -0.3 is 5.11 Å². The molecule has 15 heavy (non-hydrogen) atoms. The lowest BCUT2D eigenvalue weighted by Crippen LogP contribution is -2.59. The molecule has 1 rings (SSSR count). The maximum Gasteiger partial charge on any atom is 0.404 e. The molecule has 0 bridgehead atoms. The van der Waals surface area contributed by atoms with Crippen molar-refractivity contribution in [3.05, 3.63) is 0 Å². The molecule has 0 saturated carbocycles. The smallest absolute Gasteiger partial charge is 0.395 e. The van der Waals surface area contributed by atoms with Crippen LogP contribution < -0.4 is 0 Å². The van der Waals surface area contributed by atoms with Crippen LogP contribution in [-0.4, -0.2) is 52.4 Å². The van der Waals surface area contributed by atoms with Gasteiger partial charge in [0.15, 0.2) is 0 Å². The van der Waals surface area contributed by atoms with E-state index < -0.39 is 12.2 Å². The van der Waals surface area contributed by atoms with E-state index in [9.17, 15) is 13.2 Å². The van der Waals surface area contributed by atoms with Gasteiger partial charge in [-0.2, -0.15) is 24.9 Å². The van der Waals surface area contributed by atoms with Crippen LogP contribution in [-0.2, 0) is 0 Å². The van der Waals surface area contributed by atoms with Gasteiger partial charge in [0.2, 0.25) is 0 Å². The van der Waals surface area contributed by atoms with Crippen molar-refractivity contribution in [2.45, 2.75) is 38.1 Å². The lowest BCUT2D eigenvalue weighted by molar-refractivity contribution is -0.190. The minimum absolute atomic E-state index is 0.0676. The van der Waals surface area contributed by atoms with Crippen LogP contribution in [0.15, 0.2) is 0 Å². The van der Waals surface area contributed by atoms with Gasteiger partial charge in [-0.1, -0.05) is 0 Å². The molecule has 2 nitrogen and oxygen atoms in total. The summed E-state index contributed by atoms with van der Waals surface area (Å²) in [5.41, 5.74) is 0. The second kappa shape index (κ2) is 4.93. The van der Waals surface area contributed by atoms with E-state index in [2.05, 4.69) is 0 Å². The Hall–Kier alpha value is 0.0600. The fourth-order valence-electron chi connectivity index (χ4n) is 1.93. The number of thioether (sulfide) groups is 1. The standard InChI is InChI=1S/C9H16F3NOS/c1-6(2)13-7(3-14)4-15-5-8(13)9(10,11)12/h6-8,14H,3-5H2,1-2H3. The highest BCUT2D eigenvalue weighted by molar-refractivity contribution is 7.99. The van der Waals surface area contributed by atoms with Crippen LogP contribution in [0.2, 0.25) is 0 Å². The average Bonchev–Trinajstić information content (AvgIpc) is 2.15. The largest absolute Gasteiger partial charge is 0.404 e. The zero-order chi connectivity index (χ0) is 11.6. The van der Waals surface area contributed by atoms with Crippen molar-refractivity contribution >= 4 is 11.8 Å². The molecule has 0 amide bonds. The highest BCUT2D eigenvalue weighted by Crippen LogP contribution is 2.34. The van der Waals surface area contributed by atoms with Crippen LogP contribution in [0.5, 0.6) is 0 Å². The molecule has 1 aliphatic rings. The number of halogens is 3. The molecule has 0 aromatic heterocycles.